The first kappa shape index (κ1) is 11.8. The third kappa shape index (κ3) is 3.10. The summed E-state index contributed by atoms with van der Waals surface area (Å²) in [5.74, 6) is 3.16. The standard InChI is InChI=1S/C12H11BrO2/c1-4-12(2,3)15-11-6-5-9(8-14)7-10(11)13/h1,5-8H,2-3H3. The molecule has 2 nitrogen and oxygen atoms in total. The van der Waals surface area contributed by atoms with Gasteiger partial charge in [-0.2, -0.15) is 0 Å². The van der Waals surface area contributed by atoms with Crippen molar-refractivity contribution in [2.24, 2.45) is 0 Å². The van der Waals surface area contributed by atoms with Gasteiger partial charge in [0.2, 0.25) is 0 Å². The minimum atomic E-state index is -0.661. The van der Waals surface area contributed by atoms with Crippen LogP contribution >= 0.6 is 15.9 Å². The molecule has 0 N–H and O–H groups in total. The highest BCUT2D eigenvalue weighted by molar-refractivity contribution is 9.10. The average molecular weight is 267 g/mol. The van der Waals surface area contributed by atoms with E-state index in [1.807, 2.05) is 0 Å². The van der Waals surface area contributed by atoms with Gasteiger partial charge < -0.3 is 4.74 Å². The molecule has 0 heterocycles. The lowest BCUT2D eigenvalue weighted by atomic mass is 10.1. The highest BCUT2D eigenvalue weighted by atomic mass is 79.9. The van der Waals surface area contributed by atoms with Crippen molar-refractivity contribution in [3.63, 3.8) is 0 Å². The Morgan fingerprint density at radius 1 is 1.53 bits per heavy atom. The van der Waals surface area contributed by atoms with Crippen molar-refractivity contribution in [1.82, 2.24) is 0 Å². The molecule has 0 aromatic heterocycles. The maximum Gasteiger partial charge on any atom is 0.163 e. The van der Waals surface area contributed by atoms with Crippen molar-refractivity contribution >= 4 is 22.2 Å². The maximum absolute atomic E-state index is 10.5. The minimum absolute atomic E-state index is 0.590. The van der Waals surface area contributed by atoms with Gasteiger partial charge in [-0.15, -0.1) is 6.42 Å². The summed E-state index contributed by atoms with van der Waals surface area (Å²) in [5, 5.41) is 0. The molecule has 1 aromatic rings. The summed E-state index contributed by atoms with van der Waals surface area (Å²) in [6.07, 6.45) is 6.09. The number of hydrogen-bond donors (Lipinski definition) is 0. The van der Waals surface area contributed by atoms with Crippen LogP contribution in [0, 0.1) is 12.3 Å². The summed E-state index contributed by atoms with van der Waals surface area (Å²) in [5.41, 5.74) is -0.0710. The van der Waals surface area contributed by atoms with Crippen molar-refractivity contribution in [2.75, 3.05) is 0 Å². The van der Waals surface area contributed by atoms with Crippen molar-refractivity contribution in [3.05, 3.63) is 28.2 Å². The highest BCUT2D eigenvalue weighted by Gasteiger charge is 2.17. The van der Waals surface area contributed by atoms with Gasteiger partial charge in [-0.1, -0.05) is 5.92 Å². The Hall–Kier alpha value is -1.27. The Kier molecular flexibility index (Phi) is 3.54. The Bertz CT molecular complexity index is 416. The predicted octanol–water partition coefficient (Wildman–Crippen LogP) is 3.05. The Labute approximate surface area is 97.8 Å². The third-order valence-corrected chi connectivity index (χ3v) is 2.42. The molecule has 0 radical (unpaired) electrons. The van der Waals surface area contributed by atoms with Crippen LogP contribution in [0.5, 0.6) is 5.75 Å². The lowest BCUT2D eigenvalue weighted by molar-refractivity contribution is 0.112. The Morgan fingerprint density at radius 3 is 2.67 bits per heavy atom. The van der Waals surface area contributed by atoms with Crippen LogP contribution in [0.15, 0.2) is 22.7 Å². The molecule has 0 unspecified atom stereocenters. The zero-order chi connectivity index (χ0) is 11.5. The summed E-state index contributed by atoms with van der Waals surface area (Å²) in [6, 6.07) is 5.08. The lowest BCUT2D eigenvalue weighted by Gasteiger charge is -2.21. The van der Waals surface area contributed by atoms with Crippen LogP contribution in [0.1, 0.15) is 24.2 Å². The number of rotatable bonds is 3. The van der Waals surface area contributed by atoms with E-state index < -0.39 is 5.60 Å². The maximum atomic E-state index is 10.5. The van der Waals surface area contributed by atoms with E-state index >= 15 is 0 Å². The molecule has 0 aliphatic carbocycles. The summed E-state index contributed by atoms with van der Waals surface area (Å²) in [7, 11) is 0. The number of ether oxygens (including phenoxy) is 1. The van der Waals surface area contributed by atoms with E-state index in [0.29, 0.717) is 11.3 Å². The molecule has 0 spiro atoms. The molecule has 0 saturated carbocycles. The van der Waals surface area contributed by atoms with E-state index in [2.05, 4.69) is 21.9 Å². The van der Waals surface area contributed by atoms with Crippen LogP contribution in [-0.2, 0) is 0 Å². The normalized spacial score (nSPS) is 10.5. The highest BCUT2D eigenvalue weighted by Crippen LogP contribution is 2.28. The first-order chi connectivity index (χ1) is 6.98. The fourth-order valence-electron chi connectivity index (χ4n) is 0.978. The van der Waals surface area contributed by atoms with Gasteiger partial charge in [0, 0.05) is 5.56 Å². The van der Waals surface area contributed by atoms with Crippen LogP contribution < -0.4 is 4.74 Å². The third-order valence-electron chi connectivity index (χ3n) is 1.80. The number of halogens is 1. The summed E-state index contributed by atoms with van der Waals surface area (Å²) >= 11 is 3.32. The van der Waals surface area contributed by atoms with Crippen molar-refractivity contribution in [3.8, 4) is 18.1 Å². The minimum Gasteiger partial charge on any atom is -0.474 e. The quantitative estimate of drug-likeness (QED) is 0.621. The van der Waals surface area contributed by atoms with Gasteiger partial charge in [0.25, 0.3) is 0 Å². The number of carbonyl (C=O) groups is 1. The Morgan fingerprint density at radius 2 is 2.20 bits per heavy atom. The molecule has 0 amide bonds. The molecule has 78 valence electrons. The first-order valence-electron chi connectivity index (χ1n) is 4.40. The Balaban J connectivity index is 2.98. The van der Waals surface area contributed by atoms with E-state index in [9.17, 15) is 4.79 Å². The second-order valence-corrected chi connectivity index (χ2v) is 4.42. The second kappa shape index (κ2) is 4.50. The number of terminal acetylenes is 1. The van der Waals surface area contributed by atoms with Crippen molar-refractivity contribution in [1.29, 1.82) is 0 Å². The molecular formula is C12H11BrO2. The largest absolute Gasteiger partial charge is 0.474 e. The van der Waals surface area contributed by atoms with Gasteiger partial charge in [0.05, 0.1) is 4.47 Å². The molecule has 1 aromatic carbocycles. The van der Waals surface area contributed by atoms with Gasteiger partial charge in [-0.05, 0) is 48.0 Å². The lowest BCUT2D eigenvalue weighted by Crippen LogP contribution is -2.25. The first-order valence-corrected chi connectivity index (χ1v) is 5.19. The van der Waals surface area contributed by atoms with Crippen LogP contribution in [-0.4, -0.2) is 11.9 Å². The van der Waals surface area contributed by atoms with Gasteiger partial charge in [0.15, 0.2) is 5.60 Å². The SMILES string of the molecule is C#CC(C)(C)Oc1ccc(C=O)cc1Br. The van der Waals surface area contributed by atoms with Crippen LogP contribution in [0.2, 0.25) is 0 Å². The van der Waals surface area contributed by atoms with Gasteiger partial charge in [0.1, 0.15) is 12.0 Å². The summed E-state index contributed by atoms with van der Waals surface area (Å²) in [4.78, 5) is 10.5. The van der Waals surface area contributed by atoms with Gasteiger partial charge in [-0.3, -0.25) is 4.79 Å². The molecule has 3 heteroatoms. The van der Waals surface area contributed by atoms with E-state index in [-0.39, 0.29) is 0 Å². The molecule has 0 fully saturated rings. The summed E-state index contributed by atoms with van der Waals surface area (Å²) in [6.45, 7) is 3.60. The zero-order valence-corrected chi connectivity index (χ0v) is 10.2. The fourth-order valence-corrected chi connectivity index (χ4v) is 1.45. The fraction of sp³-hybridized carbons (Fsp3) is 0.250. The average Bonchev–Trinajstić information content (AvgIpc) is 2.21. The summed E-state index contributed by atoms with van der Waals surface area (Å²) < 4.78 is 6.30. The molecule has 15 heavy (non-hydrogen) atoms. The second-order valence-electron chi connectivity index (χ2n) is 3.56. The molecule has 1 rings (SSSR count). The van der Waals surface area contributed by atoms with E-state index in [1.165, 1.54) is 0 Å². The molecule has 0 bridgehead atoms. The van der Waals surface area contributed by atoms with Crippen LogP contribution in [0.4, 0.5) is 0 Å². The van der Waals surface area contributed by atoms with Crippen LogP contribution in [0.3, 0.4) is 0 Å². The molecule has 0 atom stereocenters. The van der Waals surface area contributed by atoms with E-state index in [0.717, 1.165) is 10.8 Å². The van der Waals surface area contributed by atoms with Crippen LogP contribution in [0.25, 0.3) is 0 Å². The van der Waals surface area contributed by atoms with Crippen molar-refractivity contribution < 1.29 is 9.53 Å². The molecular weight excluding hydrogens is 256 g/mol. The van der Waals surface area contributed by atoms with E-state index in [1.54, 1.807) is 32.0 Å². The van der Waals surface area contributed by atoms with E-state index in [4.69, 9.17) is 11.2 Å². The van der Waals surface area contributed by atoms with Gasteiger partial charge >= 0.3 is 0 Å². The number of aldehydes is 1. The predicted molar refractivity (Wildman–Crippen MR) is 63.1 cm³/mol. The van der Waals surface area contributed by atoms with Crippen molar-refractivity contribution in [2.45, 2.75) is 19.4 Å². The molecule has 0 aliphatic rings. The topological polar surface area (TPSA) is 26.3 Å². The number of carbonyl (C=O) groups excluding carboxylic acids is 1. The number of hydrogen-bond acceptors (Lipinski definition) is 2. The zero-order valence-electron chi connectivity index (χ0n) is 8.58. The molecule has 0 aliphatic heterocycles. The smallest absolute Gasteiger partial charge is 0.163 e. The number of benzene rings is 1. The monoisotopic (exact) mass is 266 g/mol. The molecule has 0 saturated heterocycles. The van der Waals surface area contributed by atoms with Gasteiger partial charge in [-0.25, -0.2) is 0 Å².